The second-order valence-electron chi connectivity index (χ2n) is 11.1. The van der Waals surface area contributed by atoms with Gasteiger partial charge >= 0.3 is 0 Å². The molecule has 2 aliphatic rings. The first-order valence-corrected chi connectivity index (χ1v) is 17.1. The molecular formula is C32H35BrCl2N12. The average molecular weight is 739 g/mol. The average Bonchev–Trinajstić information content (AvgIpc) is 3.77. The monoisotopic (exact) mass is 736 g/mol. The number of imidazole rings is 2. The number of piperidine rings is 2. The third kappa shape index (κ3) is 8.59. The number of rotatable bonds is 4. The molecular weight excluding hydrogens is 703 g/mol. The van der Waals surface area contributed by atoms with E-state index in [9.17, 15) is 0 Å². The lowest BCUT2D eigenvalue weighted by Gasteiger charge is -2.28. The largest absolute Gasteiger partial charge is 0.384 e. The van der Waals surface area contributed by atoms with Gasteiger partial charge in [-0.05, 0) is 84.8 Å². The van der Waals surface area contributed by atoms with Gasteiger partial charge in [-0.2, -0.15) is 10.2 Å². The Balaban J connectivity index is 0.000000136. The van der Waals surface area contributed by atoms with Gasteiger partial charge < -0.3 is 20.9 Å². The molecule has 0 amide bonds. The second-order valence-corrected chi connectivity index (χ2v) is 12.7. The number of nitrogens with one attached hydrogen (secondary N) is 1. The van der Waals surface area contributed by atoms with Crippen LogP contribution in [0.1, 0.15) is 38.5 Å². The molecule has 0 aliphatic carbocycles. The molecule has 244 valence electrons. The van der Waals surface area contributed by atoms with E-state index in [-0.39, 0.29) is 0 Å². The van der Waals surface area contributed by atoms with Gasteiger partial charge in [-0.1, -0.05) is 35.3 Å². The fraction of sp³-hybridized carbons (Fsp3) is 0.312. The third-order valence-electron chi connectivity index (χ3n) is 7.73. The van der Waals surface area contributed by atoms with Crippen molar-refractivity contribution in [2.24, 2.45) is 0 Å². The minimum Gasteiger partial charge on any atom is -0.384 e. The zero-order valence-electron chi connectivity index (χ0n) is 25.7. The number of anilines is 5. The van der Waals surface area contributed by atoms with Crippen molar-refractivity contribution in [2.75, 3.05) is 47.0 Å². The summed E-state index contributed by atoms with van der Waals surface area (Å²) in [5, 5.41) is 12.3. The van der Waals surface area contributed by atoms with Crippen LogP contribution in [0.5, 0.6) is 0 Å². The number of hydrogen-bond donors (Lipinski definition) is 2. The molecule has 0 spiro atoms. The summed E-state index contributed by atoms with van der Waals surface area (Å²) >= 11 is 15.1. The molecule has 2 aliphatic heterocycles. The van der Waals surface area contributed by atoms with Crippen molar-refractivity contribution in [1.29, 1.82) is 0 Å². The molecule has 8 heterocycles. The van der Waals surface area contributed by atoms with Crippen molar-refractivity contribution < 1.29 is 0 Å². The summed E-state index contributed by atoms with van der Waals surface area (Å²) in [6, 6.07) is 15.3. The van der Waals surface area contributed by atoms with Crippen LogP contribution in [0.15, 0.2) is 77.8 Å². The lowest BCUT2D eigenvalue weighted by atomic mass is 10.1. The van der Waals surface area contributed by atoms with Crippen LogP contribution in [0.2, 0.25) is 10.3 Å². The predicted octanol–water partition coefficient (Wildman–Crippen LogP) is 7.31. The highest BCUT2D eigenvalue weighted by Gasteiger charge is 2.14. The van der Waals surface area contributed by atoms with Crippen LogP contribution in [0.25, 0.3) is 11.3 Å². The molecule has 6 aromatic rings. The van der Waals surface area contributed by atoms with Gasteiger partial charge in [-0.25, -0.2) is 29.0 Å². The smallest absolute Gasteiger partial charge is 0.177 e. The Morgan fingerprint density at radius 2 is 1.23 bits per heavy atom. The van der Waals surface area contributed by atoms with E-state index in [1.54, 1.807) is 46.0 Å². The van der Waals surface area contributed by atoms with Crippen LogP contribution in [0.4, 0.5) is 29.0 Å². The first-order chi connectivity index (χ1) is 22.9. The Kier molecular flexibility index (Phi) is 10.9. The SMILES string of the molecule is Clc1cc(Br)c2nccn2n1.Clc1cc(Nc2cccc(N3CCCCC3)n2)c2nccn2n1.Nc1cccc(N2CCCCC2)n1. The number of fused-ring (bicyclic) bond motifs is 2. The molecule has 2 fully saturated rings. The fourth-order valence-electron chi connectivity index (χ4n) is 5.50. The van der Waals surface area contributed by atoms with E-state index in [1.807, 2.05) is 30.3 Å². The zero-order chi connectivity index (χ0) is 32.6. The molecule has 0 aromatic carbocycles. The zero-order valence-corrected chi connectivity index (χ0v) is 28.8. The maximum atomic E-state index is 6.07. The lowest BCUT2D eigenvalue weighted by molar-refractivity contribution is 0.573. The van der Waals surface area contributed by atoms with Crippen LogP contribution < -0.4 is 20.9 Å². The van der Waals surface area contributed by atoms with E-state index in [4.69, 9.17) is 33.9 Å². The number of aromatic nitrogens is 8. The van der Waals surface area contributed by atoms with Crippen molar-refractivity contribution in [3.8, 4) is 0 Å². The van der Waals surface area contributed by atoms with Crippen molar-refractivity contribution in [1.82, 2.24) is 39.2 Å². The summed E-state index contributed by atoms with van der Waals surface area (Å²) in [7, 11) is 0. The first-order valence-electron chi connectivity index (χ1n) is 15.5. The topological polar surface area (TPSA) is 131 Å². The normalized spacial score (nSPS) is 14.7. The van der Waals surface area contributed by atoms with Crippen molar-refractivity contribution in [3.63, 3.8) is 0 Å². The van der Waals surface area contributed by atoms with Crippen molar-refractivity contribution in [2.45, 2.75) is 38.5 Å². The highest BCUT2D eigenvalue weighted by Crippen LogP contribution is 2.25. The quantitative estimate of drug-likeness (QED) is 0.190. The standard InChI is InChI=1S/C16H17ClN6.C10H15N3.C6H3BrClN3/c17-13-11-12(16-18-7-10-23(16)21-13)19-14-5-4-6-15(20-14)22-8-2-1-3-9-22;11-9-5-4-6-10(12-9)13-7-2-1-3-8-13;7-4-3-5(8)10-11-2-1-9-6(4)11/h4-7,10-11H,1-3,8-9H2,(H,19,20);4-6H,1-3,7-8H2,(H2,11,12);1-3H. The van der Waals surface area contributed by atoms with E-state index in [0.29, 0.717) is 16.1 Å². The summed E-state index contributed by atoms with van der Waals surface area (Å²) in [5.74, 6) is 3.43. The maximum absolute atomic E-state index is 6.07. The summed E-state index contributed by atoms with van der Waals surface area (Å²) < 4.78 is 4.12. The Labute approximate surface area is 291 Å². The van der Waals surface area contributed by atoms with Gasteiger partial charge in [0.1, 0.15) is 23.3 Å². The van der Waals surface area contributed by atoms with Gasteiger partial charge in [0.2, 0.25) is 0 Å². The van der Waals surface area contributed by atoms with Gasteiger partial charge in [0.25, 0.3) is 0 Å². The lowest BCUT2D eigenvalue weighted by Crippen LogP contribution is -2.30. The Bertz CT molecular complexity index is 1920. The molecule has 0 radical (unpaired) electrons. The highest BCUT2D eigenvalue weighted by molar-refractivity contribution is 9.10. The number of nitrogens with zero attached hydrogens (tertiary/aromatic N) is 10. The van der Waals surface area contributed by atoms with E-state index in [0.717, 1.165) is 65.1 Å². The molecule has 0 atom stereocenters. The van der Waals surface area contributed by atoms with Crippen LogP contribution in [0, 0.1) is 0 Å². The van der Waals surface area contributed by atoms with Gasteiger partial charge in [0.05, 0.1) is 10.2 Å². The maximum Gasteiger partial charge on any atom is 0.177 e. The van der Waals surface area contributed by atoms with Gasteiger partial charge in [0.15, 0.2) is 21.6 Å². The first kappa shape index (κ1) is 32.7. The Morgan fingerprint density at radius 3 is 1.87 bits per heavy atom. The van der Waals surface area contributed by atoms with Crippen LogP contribution in [-0.2, 0) is 0 Å². The minimum atomic E-state index is 0.408. The molecule has 0 bridgehead atoms. The third-order valence-corrected chi connectivity index (χ3v) is 8.68. The highest BCUT2D eigenvalue weighted by atomic mass is 79.9. The van der Waals surface area contributed by atoms with Gasteiger partial charge in [0, 0.05) is 57.0 Å². The van der Waals surface area contributed by atoms with Gasteiger partial charge in [-0.15, -0.1) is 0 Å². The molecule has 6 aromatic heterocycles. The van der Waals surface area contributed by atoms with Crippen LogP contribution >= 0.6 is 39.1 Å². The fourth-order valence-corrected chi connectivity index (χ4v) is 6.51. The van der Waals surface area contributed by atoms with Gasteiger partial charge in [-0.3, -0.25) is 0 Å². The molecule has 47 heavy (non-hydrogen) atoms. The summed E-state index contributed by atoms with van der Waals surface area (Å²) in [5.41, 5.74) is 7.91. The van der Waals surface area contributed by atoms with E-state index in [2.05, 4.69) is 62.3 Å². The molecule has 12 nitrogen and oxygen atoms in total. The number of nitrogens with two attached hydrogens (primary N) is 1. The molecule has 3 N–H and O–H groups in total. The molecule has 0 unspecified atom stereocenters. The van der Waals surface area contributed by atoms with Crippen molar-refractivity contribution >= 4 is 79.4 Å². The van der Waals surface area contributed by atoms with Crippen LogP contribution in [-0.4, -0.2) is 65.3 Å². The van der Waals surface area contributed by atoms with Crippen molar-refractivity contribution in [3.05, 3.63) is 88.1 Å². The molecule has 8 rings (SSSR count). The summed E-state index contributed by atoms with van der Waals surface area (Å²) in [4.78, 5) is 22.0. The predicted molar refractivity (Wildman–Crippen MR) is 192 cm³/mol. The number of nitrogen functional groups attached to an aromatic ring is 1. The van der Waals surface area contributed by atoms with E-state index in [1.165, 1.54) is 38.5 Å². The molecule has 2 saturated heterocycles. The second kappa shape index (κ2) is 15.6. The number of hydrogen-bond acceptors (Lipinski definition) is 10. The molecule has 0 saturated carbocycles. The summed E-state index contributed by atoms with van der Waals surface area (Å²) in [6.45, 7) is 4.39. The Morgan fingerprint density at radius 1 is 0.681 bits per heavy atom. The van der Waals surface area contributed by atoms with E-state index >= 15 is 0 Å². The minimum absolute atomic E-state index is 0.408. The Hall–Kier alpha value is -4.20. The van der Waals surface area contributed by atoms with E-state index < -0.39 is 0 Å². The number of halogens is 3. The summed E-state index contributed by atoms with van der Waals surface area (Å²) in [6.07, 6.45) is 14.5. The van der Waals surface area contributed by atoms with Crippen LogP contribution in [0.3, 0.4) is 0 Å². The number of pyridine rings is 2. The molecule has 15 heteroatoms.